The molecule has 0 aliphatic carbocycles. The molecule has 3 atom stereocenters. The van der Waals surface area contributed by atoms with Gasteiger partial charge in [-0.1, -0.05) is 5.16 Å². The minimum atomic E-state index is -3.12. The zero-order chi connectivity index (χ0) is 12.9. The number of hydrogen-bond acceptors (Lipinski definition) is 6. The molecule has 0 radical (unpaired) electrons. The SMILES string of the molecule is Cc1noc([C@@H]2C[C@H]3CN(S(C)(=O)=O)C[C@H]3O2)n1. The first-order chi connectivity index (χ1) is 8.43. The third-order valence-electron chi connectivity index (χ3n) is 3.49. The van der Waals surface area contributed by atoms with Crippen LogP contribution in [-0.2, 0) is 14.8 Å². The van der Waals surface area contributed by atoms with E-state index in [1.54, 1.807) is 6.92 Å². The molecule has 0 bridgehead atoms. The van der Waals surface area contributed by atoms with Crippen molar-refractivity contribution in [3.8, 4) is 0 Å². The lowest BCUT2D eigenvalue weighted by Crippen LogP contribution is -2.29. The molecule has 0 N–H and O–H groups in total. The maximum absolute atomic E-state index is 11.4. The number of fused-ring (bicyclic) bond motifs is 1. The fourth-order valence-electron chi connectivity index (χ4n) is 2.60. The first-order valence-electron chi connectivity index (χ1n) is 5.84. The maximum Gasteiger partial charge on any atom is 0.255 e. The van der Waals surface area contributed by atoms with Crippen LogP contribution < -0.4 is 0 Å². The molecule has 3 rings (SSSR count). The lowest BCUT2D eigenvalue weighted by atomic mass is 10.0. The molecule has 0 aromatic carbocycles. The summed E-state index contributed by atoms with van der Waals surface area (Å²) in [6.45, 7) is 2.70. The van der Waals surface area contributed by atoms with Gasteiger partial charge < -0.3 is 9.26 Å². The minimum absolute atomic E-state index is 0.0584. The van der Waals surface area contributed by atoms with Gasteiger partial charge in [0, 0.05) is 19.0 Å². The second-order valence-corrected chi connectivity index (χ2v) is 6.90. The number of ether oxygens (including phenoxy) is 1. The lowest BCUT2D eigenvalue weighted by molar-refractivity contribution is 0.0251. The van der Waals surface area contributed by atoms with Crippen LogP contribution in [0.1, 0.15) is 24.2 Å². The Bertz CT molecular complexity index is 541. The fraction of sp³-hybridized carbons (Fsp3) is 0.800. The van der Waals surface area contributed by atoms with Crippen molar-refractivity contribution in [2.45, 2.75) is 25.6 Å². The normalized spacial score (nSPS) is 32.9. The van der Waals surface area contributed by atoms with Gasteiger partial charge in [0.2, 0.25) is 10.0 Å². The molecule has 3 heterocycles. The molecule has 2 fully saturated rings. The number of aromatic nitrogens is 2. The van der Waals surface area contributed by atoms with Gasteiger partial charge in [0.1, 0.15) is 6.10 Å². The average Bonchev–Trinajstić information content (AvgIpc) is 2.86. The van der Waals surface area contributed by atoms with Gasteiger partial charge in [-0.15, -0.1) is 0 Å². The van der Waals surface area contributed by atoms with Crippen LogP contribution in [0.25, 0.3) is 0 Å². The molecule has 0 spiro atoms. The highest BCUT2D eigenvalue weighted by molar-refractivity contribution is 7.88. The van der Waals surface area contributed by atoms with Gasteiger partial charge in [-0.2, -0.15) is 9.29 Å². The lowest BCUT2D eigenvalue weighted by Gasteiger charge is -2.15. The first-order valence-corrected chi connectivity index (χ1v) is 7.69. The summed E-state index contributed by atoms with van der Waals surface area (Å²) in [5.41, 5.74) is 0. The Labute approximate surface area is 105 Å². The van der Waals surface area contributed by atoms with E-state index < -0.39 is 10.0 Å². The van der Waals surface area contributed by atoms with Crippen molar-refractivity contribution >= 4 is 10.0 Å². The number of hydrogen-bond donors (Lipinski definition) is 0. The summed E-state index contributed by atoms with van der Waals surface area (Å²) in [6.07, 6.45) is 1.71. The largest absolute Gasteiger partial charge is 0.363 e. The van der Waals surface area contributed by atoms with Crippen molar-refractivity contribution in [2.24, 2.45) is 5.92 Å². The van der Waals surface area contributed by atoms with Gasteiger partial charge >= 0.3 is 0 Å². The number of sulfonamides is 1. The predicted octanol–water partition coefficient (Wildman–Crippen LogP) is 0.0994. The number of rotatable bonds is 2. The summed E-state index contributed by atoms with van der Waals surface area (Å²) in [5.74, 6) is 1.30. The predicted molar refractivity (Wildman–Crippen MR) is 61.2 cm³/mol. The molecule has 2 saturated heterocycles. The molecule has 1 aromatic rings. The molecule has 18 heavy (non-hydrogen) atoms. The highest BCUT2D eigenvalue weighted by Crippen LogP contribution is 2.40. The Morgan fingerprint density at radius 2 is 2.17 bits per heavy atom. The van der Waals surface area contributed by atoms with Gasteiger partial charge in [-0.25, -0.2) is 8.42 Å². The van der Waals surface area contributed by atoms with E-state index in [0.717, 1.165) is 6.42 Å². The van der Waals surface area contributed by atoms with Gasteiger partial charge in [-0.05, 0) is 13.3 Å². The fourth-order valence-corrected chi connectivity index (χ4v) is 3.48. The van der Waals surface area contributed by atoms with E-state index in [0.29, 0.717) is 24.8 Å². The molecule has 0 unspecified atom stereocenters. The van der Waals surface area contributed by atoms with Crippen molar-refractivity contribution in [1.82, 2.24) is 14.4 Å². The van der Waals surface area contributed by atoms with E-state index in [4.69, 9.17) is 9.26 Å². The van der Waals surface area contributed by atoms with Crippen molar-refractivity contribution in [3.05, 3.63) is 11.7 Å². The first kappa shape index (κ1) is 12.1. The maximum atomic E-state index is 11.4. The van der Waals surface area contributed by atoms with Crippen LogP contribution in [0.4, 0.5) is 0 Å². The van der Waals surface area contributed by atoms with Crippen LogP contribution in [-0.4, -0.2) is 48.3 Å². The van der Waals surface area contributed by atoms with Crippen LogP contribution in [0, 0.1) is 12.8 Å². The molecule has 2 aliphatic rings. The van der Waals surface area contributed by atoms with Crippen LogP contribution in [0.2, 0.25) is 0 Å². The van der Waals surface area contributed by atoms with Gasteiger partial charge in [0.25, 0.3) is 5.89 Å². The van der Waals surface area contributed by atoms with Gasteiger partial charge in [0.15, 0.2) is 5.82 Å². The molecule has 1 aromatic heterocycles. The smallest absolute Gasteiger partial charge is 0.255 e. The standard InChI is InChI=1S/C10H15N3O4S/c1-6-11-10(17-12-6)8-3-7-4-13(18(2,14)15)5-9(7)16-8/h7-9H,3-5H2,1-2H3/t7-,8-,9+/m0/s1. The molecular weight excluding hydrogens is 258 g/mol. The van der Waals surface area contributed by atoms with Crippen LogP contribution in [0.15, 0.2) is 4.52 Å². The molecule has 2 aliphatic heterocycles. The molecule has 100 valence electrons. The van der Waals surface area contributed by atoms with E-state index in [1.165, 1.54) is 10.6 Å². The van der Waals surface area contributed by atoms with E-state index in [2.05, 4.69) is 10.1 Å². The van der Waals surface area contributed by atoms with Crippen LogP contribution in [0.5, 0.6) is 0 Å². The highest BCUT2D eigenvalue weighted by atomic mass is 32.2. The summed E-state index contributed by atoms with van der Waals surface area (Å²) >= 11 is 0. The number of aryl methyl sites for hydroxylation is 1. The summed E-state index contributed by atoms with van der Waals surface area (Å²) < 4.78 is 35.3. The molecular formula is C10H15N3O4S. The molecule has 8 heteroatoms. The van der Waals surface area contributed by atoms with E-state index in [1.807, 2.05) is 0 Å². The van der Waals surface area contributed by atoms with Crippen molar-refractivity contribution < 1.29 is 17.7 Å². The van der Waals surface area contributed by atoms with E-state index in [9.17, 15) is 8.42 Å². The van der Waals surface area contributed by atoms with Crippen molar-refractivity contribution in [2.75, 3.05) is 19.3 Å². The Morgan fingerprint density at radius 3 is 2.72 bits per heavy atom. The summed E-state index contributed by atoms with van der Waals surface area (Å²) in [7, 11) is -3.12. The van der Waals surface area contributed by atoms with Crippen LogP contribution >= 0.6 is 0 Å². The topological polar surface area (TPSA) is 85.5 Å². The third-order valence-corrected chi connectivity index (χ3v) is 4.73. The van der Waals surface area contributed by atoms with Crippen LogP contribution in [0.3, 0.4) is 0 Å². The zero-order valence-electron chi connectivity index (χ0n) is 10.2. The monoisotopic (exact) mass is 273 g/mol. The van der Waals surface area contributed by atoms with Gasteiger partial charge in [0.05, 0.1) is 12.4 Å². The zero-order valence-corrected chi connectivity index (χ0v) is 11.1. The highest BCUT2D eigenvalue weighted by Gasteiger charge is 2.46. The Morgan fingerprint density at radius 1 is 1.39 bits per heavy atom. The minimum Gasteiger partial charge on any atom is -0.363 e. The second-order valence-electron chi connectivity index (χ2n) is 4.92. The Kier molecular flexibility index (Phi) is 2.68. The Hall–Kier alpha value is -0.990. The molecule has 7 nitrogen and oxygen atoms in total. The third kappa shape index (κ3) is 2.04. The van der Waals surface area contributed by atoms with Crippen molar-refractivity contribution in [1.29, 1.82) is 0 Å². The number of nitrogens with zero attached hydrogens (tertiary/aromatic N) is 3. The Balaban J connectivity index is 1.70. The van der Waals surface area contributed by atoms with Crippen molar-refractivity contribution in [3.63, 3.8) is 0 Å². The quantitative estimate of drug-likeness (QED) is 0.759. The average molecular weight is 273 g/mol. The van der Waals surface area contributed by atoms with E-state index in [-0.39, 0.29) is 18.1 Å². The summed E-state index contributed by atoms with van der Waals surface area (Å²) in [4.78, 5) is 4.15. The second kappa shape index (κ2) is 4.01. The summed E-state index contributed by atoms with van der Waals surface area (Å²) in [6, 6.07) is 0. The summed E-state index contributed by atoms with van der Waals surface area (Å²) in [5, 5.41) is 3.74. The molecule has 0 saturated carbocycles. The molecule has 0 amide bonds. The van der Waals surface area contributed by atoms with Gasteiger partial charge in [-0.3, -0.25) is 0 Å². The van der Waals surface area contributed by atoms with E-state index >= 15 is 0 Å².